The summed E-state index contributed by atoms with van der Waals surface area (Å²) in [5, 5.41) is 12.2. The number of benzene rings is 1. The molecular formula is C11H13NO4. The highest BCUT2D eigenvalue weighted by atomic mass is 16.5. The number of carbonyl (C=O) groups excluding carboxylic acids is 2. The van der Waals surface area contributed by atoms with E-state index in [0.29, 0.717) is 17.6 Å². The largest absolute Gasteiger partial charge is 0.505 e. The van der Waals surface area contributed by atoms with Crippen LogP contribution in [0, 0.1) is 6.92 Å². The Morgan fingerprint density at radius 3 is 2.62 bits per heavy atom. The molecule has 0 radical (unpaired) electrons. The van der Waals surface area contributed by atoms with E-state index in [1.54, 1.807) is 6.92 Å². The predicted octanol–water partition coefficient (Wildman–Crippen LogP) is 1.48. The molecular weight excluding hydrogens is 210 g/mol. The Morgan fingerprint density at radius 2 is 2.19 bits per heavy atom. The second-order valence-electron chi connectivity index (χ2n) is 3.34. The Bertz CT molecular complexity index is 440. The fourth-order valence-electron chi connectivity index (χ4n) is 1.46. The van der Waals surface area contributed by atoms with Gasteiger partial charge in [0.15, 0.2) is 12.0 Å². The first-order valence-corrected chi connectivity index (χ1v) is 4.64. The van der Waals surface area contributed by atoms with E-state index < -0.39 is 0 Å². The molecule has 0 aliphatic heterocycles. The summed E-state index contributed by atoms with van der Waals surface area (Å²) < 4.78 is 5.07. The summed E-state index contributed by atoms with van der Waals surface area (Å²) in [6.45, 7) is 3.03. The zero-order valence-electron chi connectivity index (χ0n) is 9.33. The van der Waals surface area contributed by atoms with Crippen LogP contribution >= 0.6 is 0 Å². The molecule has 0 fully saturated rings. The smallest absolute Gasteiger partial charge is 0.221 e. The molecule has 0 saturated carbocycles. The highest BCUT2D eigenvalue weighted by Gasteiger charge is 2.17. The van der Waals surface area contributed by atoms with Crippen LogP contribution in [-0.4, -0.2) is 24.4 Å². The fourth-order valence-corrected chi connectivity index (χ4v) is 1.46. The van der Waals surface area contributed by atoms with E-state index in [-0.39, 0.29) is 22.9 Å². The molecule has 0 bridgehead atoms. The average molecular weight is 223 g/mol. The molecule has 0 saturated heterocycles. The molecule has 0 atom stereocenters. The number of rotatable bonds is 3. The van der Waals surface area contributed by atoms with Gasteiger partial charge in [0.25, 0.3) is 0 Å². The molecule has 5 nitrogen and oxygen atoms in total. The van der Waals surface area contributed by atoms with Crippen LogP contribution in [0.3, 0.4) is 0 Å². The van der Waals surface area contributed by atoms with Crippen molar-refractivity contribution in [2.75, 3.05) is 12.4 Å². The van der Waals surface area contributed by atoms with Crippen molar-refractivity contribution in [2.45, 2.75) is 13.8 Å². The fraction of sp³-hybridized carbons (Fsp3) is 0.273. The molecule has 1 aromatic carbocycles. The minimum atomic E-state index is -0.351. The van der Waals surface area contributed by atoms with Gasteiger partial charge in [0.2, 0.25) is 5.91 Å². The van der Waals surface area contributed by atoms with Gasteiger partial charge in [-0.15, -0.1) is 0 Å². The molecule has 86 valence electrons. The summed E-state index contributed by atoms with van der Waals surface area (Å²) in [6, 6.07) is 1.49. The van der Waals surface area contributed by atoms with Gasteiger partial charge in [0.1, 0.15) is 11.4 Å². The van der Waals surface area contributed by atoms with E-state index in [9.17, 15) is 14.7 Å². The topological polar surface area (TPSA) is 75.6 Å². The van der Waals surface area contributed by atoms with E-state index in [1.807, 2.05) is 0 Å². The maximum Gasteiger partial charge on any atom is 0.221 e. The number of phenolic OH excluding ortho intramolecular Hbond substituents is 1. The molecule has 2 N–H and O–H groups in total. The molecule has 0 aromatic heterocycles. The number of amides is 1. The van der Waals surface area contributed by atoms with Gasteiger partial charge in [-0.05, 0) is 18.6 Å². The lowest BCUT2D eigenvalue weighted by Crippen LogP contribution is -2.09. The van der Waals surface area contributed by atoms with E-state index in [2.05, 4.69) is 5.32 Å². The van der Waals surface area contributed by atoms with Gasteiger partial charge in [-0.2, -0.15) is 0 Å². The van der Waals surface area contributed by atoms with Crippen LogP contribution in [0.25, 0.3) is 0 Å². The van der Waals surface area contributed by atoms with Gasteiger partial charge in [0.05, 0.1) is 12.7 Å². The highest BCUT2D eigenvalue weighted by Crippen LogP contribution is 2.38. The molecule has 1 rings (SSSR count). The van der Waals surface area contributed by atoms with Gasteiger partial charge >= 0.3 is 0 Å². The second-order valence-corrected chi connectivity index (χ2v) is 3.34. The number of aldehydes is 1. The van der Waals surface area contributed by atoms with Crippen LogP contribution in [0.5, 0.6) is 11.5 Å². The lowest BCUT2D eigenvalue weighted by Gasteiger charge is -2.14. The van der Waals surface area contributed by atoms with Crippen molar-refractivity contribution in [3.63, 3.8) is 0 Å². The van der Waals surface area contributed by atoms with E-state index in [1.165, 1.54) is 20.1 Å². The first kappa shape index (κ1) is 12.0. The second kappa shape index (κ2) is 4.65. The Labute approximate surface area is 93.0 Å². The molecule has 0 unspecified atom stereocenters. The molecule has 1 amide bonds. The lowest BCUT2D eigenvalue weighted by atomic mass is 10.1. The standard InChI is InChI=1S/C11H13NO4/c1-6-4-8(5-13)10(15)9(11(6)16-3)12-7(2)14/h4-5,15H,1-3H3,(H,12,14). The number of hydrogen-bond donors (Lipinski definition) is 2. The first-order valence-electron chi connectivity index (χ1n) is 4.64. The van der Waals surface area contributed by atoms with Crippen molar-refractivity contribution in [1.82, 2.24) is 0 Å². The summed E-state index contributed by atoms with van der Waals surface area (Å²) in [4.78, 5) is 21.7. The molecule has 16 heavy (non-hydrogen) atoms. The van der Waals surface area contributed by atoms with Crippen molar-refractivity contribution in [3.8, 4) is 11.5 Å². The number of phenols is 1. The Morgan fingerprint density at radius 1 is 1.56 bits per heavy atom. The molecule has 0 heterocycles. The molecule has 0 spiro atoms. The van der Waals surface area contributed by atoms with Crippen LogP contribution in [0.1, 0.15) is 22.8 Å². The van der Waals surface area contributed by atoms with Crippen molar-refractivity contribution >= 4 is 17.9 Å². The van der Waals surface area contributed by atoms with Gasteiger partial charge in [-0.1, -0.05) is 0 Å². The molecule has 1 aromatic rings. The van der Waals surface area contributed by atoms with E-state index >= 15 is 0 Å². The van der Waals surface area contributed by atoms with Crippen molar-refractivity contribution in [1.29, 1.82) is 0 Å². The number of ether oxygens (including phenoxy) is 1. The normalized spacial score (nSPS) is 9.69. The van der Waals surface area contributed by atoms with Gasteiger partial charge in [-0.25, -0.2) is 0 Å². The summed E-state index contributed by atoms with van der Waals surface area (Å²) in [5.41, 5.74) is 0.894. The number of carbonyl (C=O) groups is 2. The maximum absolute atomic E-state index is 11.0. The third-order valence-corrected chi connectivity index (χ3v) is 2.10. The maximum atomic E-state index is 11.0. The Kier molecular flexibility index (Phi) is 3.50. The van der Waals surface area contributed by atoms with Crippen LogP contribution < -0.4 is 10.1 Å². The third kappa shape index (κ3) is 2.13. The Balaban J connectivity index is 3.44. The van der Waals surface area contributed by atoms with Gasteiger partial charge < -0.3 is 15.2 Å². The number of methoxy groups -OCH3 is 1. The van der Waals surface area contributed by atoms with E-state index in [0.717, 1.165) is 0 Å². The summed E-state index contributed by atoms with van der Waals surface area (Å²) in [5.74, 6) is -0.290. The van der Waals surface area contributed by atoms with Crippen molar-refractivity contribution in [2.24, 2.45) is 0 Å². The summed E-state index contributed by atoms with van der Waals surface area (Å²) in [7, 11) is 1.42. The molecule has 0 aliphatic rings. The first-order chi connectivity index (χ1) is 7.51. The Hall–Kier alpha value is -2.04. The minimum Gasteiger partial charge on any atom is -0.505 e. The van der Waals surface area contributed by atoms with Crippen molar-refractivity contribution in [3.05, 3.63) is 17.2 Å². The number of aromatic hydroxyl groups is 1. The zero-order valence-corrected chi connectivity index (χ0v) is 9.33. The van der Waals surface area contributed by atoms with E-state index in [4.69, 9.17) is 4.74 Å². The number of aryl methyl sites for hydroxylation is 1. The summed E-state index contributed by atoms with van der Waals surface area (Å²) >= 11 is 0. The number of nitrogens with one attached hydrogen (secondary N) is 1. The predicted molar refractivity (Wildman–Crippen MR) is 59.1 cm³/mol. The lowest BCUT2D eigenvalue weighted by molar-refractivity contribution is -0.114. The van der Waals surface area contributed by atoms with Crippen LogP contribution in [0.2, 0.25) is 0 Å². The molecule has 0 aliphatic carbocycles. The van der Waals surface area contributed by atoms with Gasteiger partial charge in [0, 0.05) is 6.92 Å². The van der Waals surface area contributed by atoms with Crippen molar-refractivity contribution < 1.29 is 19.4 Å². The number of hydrogen-bond acceptors (Lipinski definition) is 4. The van der Waals surface area contributed by atoms with Crippen LogP contribution in [0.4, 0.5) is 5.69 Å². The average Bonchev–Trinajstić information content (AvgIpc) is 2.22. The highest BCUT2D eigenvalue weighted by molar-refractivity contribution is 5.96. The summed E-state index contributed by atoms with van der Waals surface area (Å²) in [6.07, 6.45) is 0.521. The van der Waals surface area contributed by atoms with Crippen LogP contribution in [0.15, 0.2) is 6.07 Å². The van der Waals surface area contributed by atoms with Gasteiger partial charge in [-0.3, -0.25) is 9.59 Å². The SMILES string of the molecule is COc1c(C)cc(C=O)c(O)c1NC(C)=O. The third-order valence-electron chi connectivity index (χ3n) is 2.10. The minimum absolute atomic E-state index is 0.113. The molecule has 5 heteroatoms. The van der Waals surface area contributed by atoms with Crippen LogP contribution in [-0.2, 0) is 4.79 Å². The quantitative estimate of drug-likeness (QED) is 0.601. The number of anilines is 1. The zero-order chi connectivity index (χ0) is 12.3. The monoisotopic (exact) mass is 223 g/mol.